The topological polar surface area (TPSA) is 56.0 Å². The first-order chi connectivity index (χ1) is 8.08. The van der Waals surface area contributed by atoms with Gasteiger partial charge in [0.25, 0.3) is 5.69 Å². The summed E-state index contributed by atoms with van der Waals surface area (Å²) in [5.41, 5.74) is 1.96. The Labute approximate surface area is 103 Å². The van der Waals surface area contributed by atoms with Gasteiger partial charge in [0.1, 0.15) is 10.8 Å². The molecule has 0 amide bonds. The number of nitrogens with zero attached hydrogens (tertiary/aromatic N) is 2. The lowest BCUT2D eigenvalue weighted by molar-refractivity contribution is -0.384. The molecule has 2 aromatic rings. The van der Waals surface area contributed by atoms with Crippen LogP contribution in [0.1, 0.15) is 5.56 Å². The van der Waals surface area contributed by atoms with Gasteiger partial charge in [-0.1, -0.05) is 35.4 Å². The van der Waals surface area contributed by atoms with Crippen molar-refractivity contribution >= 4 is 17.3 Å². The minimum absolute atomic E-state index is 0.0417. The minimum Gasteiger partial charge on any atom is -0.258 e. The standard InChI is InChI=1S/C12H9ClN2O2/c1-8-3-2-4-9(7-8)12-10(15(16)17)5-6-11(13)14-12/h2-7H,1H3. The predicted octanol–water partition coefficient (Wildman–Crippen LogP) is 3.62. The van der Waals surface area contributed by atoms with E-state index in [9.17, 15) is 10.1 Å². The number of pyridine rings is 1. The first kappa shape index (κ1) is 11.5. The number of hydrogen-bond donors (Lipinski definition) is 0. The number of benzene rings is 1. The molecule has 2 rings (SSSR count). The molecular weight excluding hydrogens is 240 g/mol. The zero-order chi connectivity index (χ0) is 12.4. The van der Waals surface area contributed by atoms with Gasteiger partial charge in [0, 0.05) is 11.6 Å². The number of rotatable bonds is 2. The van der Waals surface area contributed by atoms with Gasteiger partial charge in [-0.15, -0.1) is 0 Å². The quantitative estimate of drug-likeness (QED) is 0.463. The molecule has 0 unspecified atom stereocenters. The molecular formula is C12H9ClN2O2. The molecule has 0 aliphatic heterocycles. The van der Waals surface area contributed by atoms with E-state index >= 15 is 0 Å². The van der Waals surface area contributed by atoms with Crippen LogP contribution < -0.4 is 0 Å². The Morgan fingerprint density at radius 1 is 1.29 bits per heavy atom. The highest BCUT2D eigenvalue weighted by Crippen LogP contribution is 2.29. The zero-order valence-electron chi connectivity index (χ0n) is 9.05. The second-order valence-corrected chi connectivity index (χ2v) is 4.02. The summed E-state index contributed by atoms with van der Waals surface area (Å²) in [5.74, 6) is 0. The fraction of sp³-hybridized carbons (Fsp3) is 0.0833. The van der Waals surface area contributed by atoms with Gasteiger partial charge in [-0.05, 0) is 19.1 Å². The molecule has 86 valence electrons. The monoisotopic (exact) mass is 248 g/mol. The van der Waals surface area contributed by atoms with Crippen LogP contribution in [0.25, 0.3) is 11.3 Å². The molecule has 0 fully saturated rings. The van der Waals surface area contributed by atoms with Crippen molar-refractivity contribution in [1.82, 2.24) is 4.98 Å². The van der Waals surface area contributed by atoms with E-state index in [1.165, 1.54) is 12.1 Å². The summed E-state index contributed by atoms with van der Waals surface area (Å²) < 4.78 is 0. The van der Waals surface area contributed by atoms with Crippen molar-refractivity contribution in [3.63, 3.8) is 0 Å². The molecule has 0 N–H and O–H groups in total. The number of halogens is 1. The van der Waals surface area contributed by atoms with E-state index in [-0.39, 0.29) is 10.8 Å². The normalized spacial score (nSPS) is 10.2. The van der Waals surface area contributed by atoms with E-state index in [1.807, 2.05) is 25.1 Å². The van der Waals surface area contributed by atoms with Gasteiger partial charge in [0.15, 0.2) is 0 Å². The third kappa shape index (κ3) is 2.42. The van der Waals surface area contributed by atoms with Crippen LogP contribution in [0.3, 0.4) is 0 Å². The molecule has 0 aliphatic rings. The minimum atomic E-state index is -0.457. The van der Waals surface area contributed by atoms with Crippen LogP contribution in [0.4, 0.5) is 5.69 Å². The Balaban J connectivity index is 2.65. The highest BCUT2D eigenvalue weighted by Gasteiger charge is 2.17. The van der Waals surface area contributed by atoms with Crippen LogP contribution in [-0.4, -0.2) is 9.91 Å². The number of nitro groups is 1. The molecule has 5 heteroatoms. The lowest BCUT2D eigenvalue weighted by Gasteiger charge is -2.03. The lowest BCUT2D eigenvalue weighted by Crippen LogP contribution is -1.95. The first-order valence-electron chi connectivity index (χ1n) is 4.96. The van der Waals surface area contributed by atoms with Crippen molar-refractivity contribution in [3.05, 3.63) is 57.2 Å². The van der Waals surface area contributed by atoms with Crippen molar-refractivity contribution in [2.75, 3.05) is 0 Å². The largest absolute Gasteiger partial charge is 0.295 e. The molecule has 0 saturated carbocycles. The van der Waals surface area contributed by atoms with Crippen LogP contribution in [-0.2, 0) is 0 Å². The zero-order valence-corrected chi connectivity index (χ0v) is 9.81. The van der Waals surface area contributed by atoms with E-state index in [2.05, 4.69) is 4.98 Å². The van der Waals surface area contributed by atoms with Gasteiger partial charge in [0.05, 0.1) is 4.92 Å². The molecule has 0 saturated heterocycles. The summed E-state index contributed by atoms with van der Waals surface area (Å²) in [5, 5.41) is 11.2. The number of aromatic nitrogens is 1. The SMILES string of the molecule is Cc1cccc(-c2nc(Cl)ccc2[N+](=O)[O-])c1. The summed E-state index contributed by atoms with van der Waals surface area (Å²) >= 11 is 5.78. The molecule has 0 aliphatic carbocycles. The molecule has 1 aromatic carbocycles. The summed E-state index contributed by atoms with van der Waals surface area (Å²) in [7, 11) is 0. The van der Waals surface area contributed by atoms with Crippen LogP contribution in [0, 0.1) is 17.0 Å². The second-order valence-electron chi connectivity index (χ2n) is 3.63. The van der Waals surface area contributed by atoms with E-state index in [1.54, 1.807) is 6.07 Å². The maximum atomic E-state index is 10.9. The van der Waals surface area contributed by atoms with Crippen LogP contribution in [0.15, 0.2) is 36.4 Å². The Hall–Kier alpha value is -1.94. The molecule has 4 nitrogen and oxygen atoms in total. The smallest absolute Gasteiger partial charge is 0.258 e. The highest BCUT2D eigenvalue weighted by molar-refractivity contribution is 6.29. The molecule has 0 radical (unpaired) electrons. The third-order valence-corrected chi connectivity index (χ3v) is 2.54. The van der Waals surface area contributed by atoms with Crippen LogP contribution in [0.5, 0.6) is 0 Å². The van der Waals surface area contributed by atoms with Crippen LogP contribution in [0.2, 0.25) is 5.15 Å². The van der Waals surface area contributed by atoms with Crippen molar-refractivity contribution in [1.29, 1.82) is 0 Å². The molecule has 17 heavy (non-hydrogen) atoms. The van der Waals surface area contributed by atoms with E-state index in [4.69, 9.17) is 11.6 Å². The maximum absolute atomic E-state index is 10.9. The summed E-state index contributed by atoms with van der Waals surface area (Å²) in [6, 6.07) is 10.1. The maximum Gasteiger partial charge on any atom is 0.295 e. The van der Waals surface area contributed by atoms with Crippen molar-refractivity contribution in [3.8, 4) is 11.3 Å². The van der Waals surface area contributed by atoms with Crippen molar-refractivity contribution in [2.45, 2.75) is 6.92 Å². The van der Waals surface area contributed by atoms with Gasteiger partial charge in [-0.3, -0.25) is 10.1 Å². The summed E-state index contributed by atoms with van der Waals surface area (Å²) in [6.07, 6.45) is 0. The van der Waals surface area contributed by atoms with Gasteiger partial charge in [-0.25, -0.2) is 4.98 Å². The van der Waals surface area contributed by atoms with Gasteiger partial charge < -0.3 is 0 Å². The van der Waals surface area contributed by atoms with Crippen molar-refractivity contribution < 1.29 is 4.92 Å². The predicted molar refractivity (Wildman–Crippen MR) is 66.1 cm³/mol. The highest BCUT2D eigenvalue weighted by atomic mass is 35.5. The Morgan fingerprint density at radius 2 is 2.06 bits per heavy atom. The fourth-order valence-corrected chi connectivity index (χ4v) is 1.73. The average Bonchev–Trinajstić information content (AvgIpc) is 2.28. The number of hydrogen-bond acceptors (Lipinski definition) is 3. The molecule has 1 heterocycles. The Bertz CT molecular complexity index is 584. The third-order valence-electron chi connectivity index (χ3n) is 2.33. The summed E-state index contributed by atoms with van der Waals surface area (Å²) in [4.78, 5) is 14.5. The van der Waals surface area contributed by atoms with Gasteiger partial charge in [-0.2, -0.15) is 0 Å². The molecule has 0 atom stereocenters. The van der Waals surface area contributed by atoms with Gasteiger partial charge >= 0.3 is 0 Å². The van der Waals surface area contributed by atoms with Crippen molar-refractivity contribution in [2.24, 2.45) is 0 Å². The van der Waals surface area contributed by atoms with Gasteiger partial charge in [0.2, 0.25) is 0 Å². The number of aryl methyl sites for hydroxylation is 1. The fourth-order valence-electron chi connectivity index (χ4n) is 1.58. The van der Waals surface area contributed by atoms with E-state index in [0.29, 0.717) is 11.3 Å². The molecule has 0 spiro atoms. The molecule has 1 aromatic heterocycles. The Morgan fingerprint density at radius 3 is 2.71 bits per heavy atom. The molecule has 0 bridgehead atoms. The van der Waals surface area contributed by atoms with Crippen LogP contribution >= 0.6 is 11.6 Å². The summed E-state index contributed by atoms with van der Waals surface area (Å²) in [6.45, 7) is 1.92. The van der Waals surface area contributed by atoms with E-state index < -0.39 is 4.92 Å². The lowest BCUT2D eigenvalue weighted by atomic mass is 10.1. The first-order valence-corrected chi connectivity index (χ1v) is 5.33. The average molecular weight is 249 g/mol. The van der Waals surface area contributed by atoms with E-state index in [0.717, 1.165) is 5.56 Å². The Kier molecular flexibility index (Phi) is 3.06. The second kappa shape index (κ2) is 4.51.